The first-order valence-corrected chi connectivity index (χ1v) is 7.49. The molecule has 17 heavy (non-hydrogen) atoms. The molecule has 5 heteroatoms. The molecule has 0 spiro atoms. The van der Waals surface area contributed by atoms with Crippen molar-refractivity contribution >= 4 is 34.3 Å². The summed E-state index contributed by atoms with van der Waals surface area (Å²) in [5, 5.41) is 4.61. The van der Waals surface area contributed by atoms with Gasteiger partial charge in [0.25, 0.3) is 0 Å². The SMILES string of the molecule is Cc1nc(C(C)NCc2ccc(Cl)s2)c(C)s1. The van der Waals surface area contributed by atoms with Gasteiger partial charge in [-0.25, -0.2) is 4.98 Å². The fourth-order valence-electron chi connectivity index (χ4n) is 1.74. The van der Waals surface area contributed by atoms with Gasteiger partial charge in [-0.3, -0.25) is 0 Å². The Hall–Kier alpha value is -0.420. The van der Waals surface area contributed by atoms with Gasteiger partial charge >= 0.3 is 0 Å². The molecule has 92 valence electrons. The molecule has 0 saturated carbocycles. The van der Waals surface area contributed by atoms with Crippen LogP contribution in [-0.4, -0.2) is 4.98 Å². The van der Waals surface area contributed by atoms with Gasteiger partial charge in [0.05, 0.1) is 15.0 Å². The minimum Gasteiger partial charge on any atom is -0.304 e. The van der Waals surface area contributed by atoms with E-state index in [1.807, 2.05) is 13.0 Å². The Morgan fingerprint density at radius 2 is 2.12 bits per heavy atom. The van der Waals surface area contributed by atoms with Crippen LogP contribution in [0, 0.1) is 13.8 Å². The highest BCUT2D eigenvalue weighted by Gasteiger charge is 2.12. The first-order valence-electron chi connectivity index (χ1n) is 5.48. The van der Waals surface area contributed by atoms with E-state index in [0.29, 0.717) is 0 Å². The van der Waals surface area contributed by atoms with Crippen LogP contribution in [0.15, 0.2) is 12.1 Å². The van der Waals surface area contributed by atoms with E-state index in [9.17, 15) is 0 Å². The number of hydrogen-bond donors (Lipinski definition) is 1. The van der Waals surface area contributed by atoms with Crippen LogP contribution in [0.1, 0.15) is 33.4 Å². The van der Waals surface area contributed by atoms with Gasteiger partial charge in [0, 0.05) is 22.3 Å². The second-order valence-corrected chi connectivity index (χ2v) is 7.19. The molecule has 0 aliphatic heterocycles. The normalized spacial score (nSPS) is 12.9. The Balaban J connectivity index is 1.97. The predicted octanol–water partition coefficient (Wildman–Crippen LogP) is 4.33. The van der Waals surface area contributed by atoms with Crippen molar-refractivity contribution in [3.8, 4) is 0 Å². The van der Waals surface area contributed by atoms with Crippen LogP contribution in [0.4, 0.5) is 0 Å². The summed E-state index contributed by atoms with van der Waals surface area (Å²) in [5.74, 6) is 0. The van der Waals surface area contributed by atoms with Gasteiger partial charge in [-0.15, -0.1) is 22.7 Å². The van der Waals surface area contributed by atoms with E-state index in [1.165, 1.54) is 9.75 Å². The van der Waals surface area contributed by atoms with Crippen molar-refractivity contribution in [1.82, 2.24) is 10.3 Å². The van der Waals surface area contributed by atoms with Gasteiger partial charge in [0.1, 0.15) is 0 Å². The topological polar surface area (TPSA) is 24.9 Å². The lowest BCUT2D eigenvalue weighted by Gasteiger charge is -2.11. The Morgan fingerprint density at radius 1 is 1.35 bits per heavy atom. The predicted molar refractivity (Wildman–Crippen MR) is 76.2 cm³/mol. The fourth-order valence-corrected chi connectivity index (χ4v) is 3.70. The van der Waals surface area contributed by atoms with Crippen LogP contribution in [0.25, 0.3) is 0 Å². The van der Waals surface area contributed by atoms with Gasteiger partial charge in [-0.05, 0) is 32.9 Å². The van der Waals surface area contributed by atoms with Gasteiger partial charge < -0.3 is 5.32 Å². The van der Waals surface area contributed by atoms with Crippen molar-refractivity contribution in [2.75, 3.05) is 0 Å². The van der Waals surface area contributed by atoms with Gasteiger partial charge in [0.15, 0.2) is 0 Å². The van der Waals surface area contributed by atoms with Crippen molar-refractivity contribution in [3.63, 3.8) is 0 Å². The third kappa shape index (κ3) is 3.28. The van der Waals surface area contributed by atoms with Crippen LogP contribution in [-0.2, 0) is 6.54 Å². The van der Waals surface area contributed by atoms with Crippen LogP contribution in [0.3, 0.4) is 0 Å². The van der Waals surface area contributed by atoms with Crippen molar-refractivity contribution in [3.05, 3.63) is 36.9 Å². The van der Waals surface area contributed by atoms with E-state index < -0.39 is 0 Å². The molecule has 2 nitrogen and oxygen atoms in total. The second-order valence-electron chi connectivity index (χ2n) is 3.98. The van der Waals surface area contributed by atoms with Crippen molar-refractivity contribution in [2.24, 2.45) is 0 Å². The molecule has 0 aliphatic rings. The van der Waals surface area contributed by atoms with Crippen molar-refractivity contribution in [1.29, 1.82) is 0 Å². The van der Waals surface area contributed by atoms with Crippen LogP contribution in [0.5, 0.6) is 0 Å². The molecule has 0 saturated heterocycles. The molecule has 2 aromatic heterocycles. The lowest BCUT2D eigenvalue weighted by molar-refractivity contribution is 0.565. The fraction of sp³-hybridized carbons (Fsp3) is 0.417. The summed E-state index contributed by atoms with van der Waals surface area (Å²) < 4.78 is 0.843. The Labute approximate surface area is 115 Å². The minimum atomic E-state index is 0.279. The summed E-state index contributed by atoms with van der Waals surface area (Å²) >= 11 is 9.27. The third-order valence-electron chi connectivity index (χ3n) is 2.56. The maximum atomic E-state index is 5.90. The molecule has 0 aliphatic carbocycles. The quantitative estimate of drug-likeness (QED) is 0.905. The second kappa shape index (κ2) is 5.48. The largest absolute Gasteiger partial charge is 0.304 e. The van der Waals surface area contributed by atoms with E-state index in [0.717, 1.165) is 21.6 Å². The van der Waals surface area contributed by atoms with Crippen molar-refractivity contribution < 1.29 is 0 Å². The molecule has 1 unspecified atom stereocenters. The number of aromatic nitrogens is 1. The number of halogens is 1. The number of nitrogens with one attached hydrogen (secondary N) is 1. The molecule has 0 amide bonds. The van der Waals surface area contributed by atoms with Gasteiger partial charge in [0.2, 0.25) is 0 Å². The highest BCUT2D eigenvalue weighted by molar-refractivity contribution is 7.16. The number of thiazole rings is 1. The van der Waals surface area contributed by atoms with Crippen molar-refractivity contribution in [2.45, 2.75) is 33.4 Å². The van der Waals surface area contributed by atoms with E-state index in [-0.39, 0.29) is 6.04 Å². The Kier molecular flexibility index (Phi) is 4.20. The summed E-state index contributed by atoms with van der Waals surface area (Å²) in [6, 6.07) is 4.28. The minimum absolute atomic E-state index is 0.279. The summed E-state index contributed by atoms with van der Waals surface area (Å²) in [5.41, 5.74) is 1.16. The average molecular weight is 287 g/mol. The van der Waals surface area contributed by atoms with Crippen LogP contribution >= 0.6 is 34.3 Å². The van der Waals surface area contributed by atoms with E-state index >= 15 is 0 Å². The van der Waals surface area contributed by atoms with Gasteiger partial charge in [-0.1, -0.05) is 11.6 Å². The van der Waals surface area contributed by atoms with E-state index in [2.05, 4.69) is 30.2 Å². The standard InChI is InChI=1S/C12H15ClN2S2/c1-7(12-8(2)16-9(3)15-12)14-6-10-4-5-11(13)17-10/h4-5,7,14H,6H2,1-3H3. The zero-order valence-corrected chi connectivity index (χ0v) is 12.5. The monoisotopic (exact) mass is 286 g/mol. The summed E-state index contributed by atoms with van der Waals surface area (Å²) in [7, 11) is 0. The third-order valence-corrected chi connectivity index (χ3v) is 4.69. The highest BCUT2D eigenvalue weighted by Crippen LogP contribution is 2.24. The summed E-state index contributed by atoms with van der Waals surface area (Å²) in [4.78, 5) is 7.11. The molecule has 0 aromatic carbocycles. The Morgan fingerprint density at radius 3 is 2.65 bits per heavy atom. The number of thiophene rings is 1. The summed E-state index contributed by atoms with van der Waals surface area (Å²) in [6.07, 6.45) is 0. The molecule has 1 atom stereocenters. The average Bonchev–Trinajstić information content (AvgIpc) is 2.81. The maximum Gasteiger partial charge on any atom is 0.0931 e. The number of nitrogens with zero attached hydrogens (tertiary/aromatic N) is 1. The highest BCUT2D eigenvalue weighted by atomic mass is 35.5. The van der Waals surface area contributed by atoms with Crippen LogP contribution < -0.4 is 5.32 Å². The van der Waals surface area contributed by atoms with Crippen LogP contribution in [0.2, 0.25) is 4.34 Å². The zero-order chi connectivity index (χ0) is 12.4. The lowest BCUT2D eigenvalue weighted by Crippen LogP contribution is -2.18. The molecule has 0 bridgehead atoms. The molecular weight excluding hydrogens is 272 g/mol. The summed E-state index contributed by atoms with van der Waals surface area (Å²) in [6.45, 7) is 7.17. The first-order chi connectivity index (χ1) is 8.06. The molecule has 2 rings (SSSR count). The molecule has 1 N–H and O–H groups in total. The number of hydrogen-bond acceptors (Lipinski definition) is 4. The maximum absolute atomic E-state index is 5.90. The smallest absolute Gasteiger partial charge is 0.0931 e. The molecule has 2 heterocycles. The van der Waals surface area contributed by atoms with E-state index in [4.69, 9.17) is 11.6 Å². The van der Waals surface area contributed by atoms with E-state index in [1.54, 1.807) is 22.7 Å². The molecule has 0 radical (unpaired) electrons. The van der Waals surface area contributed by atoms with Gasteiger partial charge in [-0.2, -0.15) is 0 Å². The Bertz CT molecular complexity index is 504. The molecule has 0 fully saturated rings. The zero-order valence-electron chi connectivity index (χ0n) is 10.1. The first kappa shape index (κ1) is 13.0. The lowest BCUT2D eigenvalue weighted by atomic mass is 10.2. The molecule has 2 aromatic rings. The number of aryl methyl sites for hydroxylation is 2. The molecular formula is C12H15ClN2S2. The number of rotatable bonds is 4.